The van der Waals surface area contributed by atoms with Crippen LogP contribution in [0.4, 0.5) is 0 Å². The largest absolute Gasteiger partial charge is 0.492 e. The number of carbonyl (C=O) groups is 1. The lowest BCUT2D eigenvalue weighted by Gasteiger charge is -2.09. The summed E-state index contributed by atoms with van der Waals surface area (Å²) >= 11 is 16.9. The van der Waals surface area contributed by atoms with Crippen molar-refractivity contribution in [2.24, 2.45) is 0 Å². The topological polar surface area (TPSA) is 26.3 Å². The van der Waals surface area contributed by atoms with Gasteiger partial charge in [-0.2, -0.15) is 0 Å². The fourth-order valence-corrected chi connectivity index (χ4v) is 3.34. The molecule has 6 heteroatoms. The lowest BCUT2D eigenvalue weighted by molar-refractivity contribution is 0.104. The molecule has 0 unspecified atom stereocenters. The maximum Gasteiger partial charge on any atom is 0.204 e. The lowest BCUT2D eigenvalue weighted by atomic mass is 10.1. The summed E-state index contributed by atoms with van der Waals surface area (Å²) in [5.41, 5.74) is 0.379. The van der Waals surface area contributed by atoms with Crippen LogP contribution in [0, 0.1) is 0 Å². The average Bonchev–Trinajstić information content (AvgIpc) is 2.79. The molecule has 0 bridgehead atoms. The van der Waals surface area contributed by atoms with E-state index in [0.717, 1.165) is 3.79 Å². The highest BCUT2D eigenvalue weighted by Crippen LogP contribution is 2.33. The van der Waals surface area contributed by atoms with Crippen LogP contribution in [-0.4, -0.2) is 12.4 Å². The van der Waals surface area contributed by atoms with Gasteiger partial charge in [-0.3, -0.25) is 4.79 Å². The third-order valence-corrected chi connectivity index (χ3v) is 4.59. The Morgan fingerprint density at radius 3 is 2.63 bits per heavy atom. The first kappa shape index (κ1) is 14.9. The van der Waals surface area contributed by atoms with Crippen LogP contribution >= 0.6 is 50.5 Å². The molecule has 19 heavy (non-hydrogen) atoms. The number of benzene rings is 1. The van der Waals surface area contributed by atoms with E-state index in [2.05, 4.69) is 15.9 Å². The zero-order chi connectivity index (χ0) is 14.0. The van der Waals surface area contributed by atoms with Crippen molar-refractivity contribution < 1.29 is 9.53 Å². The number of ketones is 1. The Kier molecular flexibility index (Phi) is 4.90. The van der Waals surface area contributed by atoms with Crippen molar-refractivity contribution in [1.82, 2.24) is 0 Å². The highest BCUT2D eigenvalue weighted by Gasteiger charge is 2.17. The highest BCUT2D eigenvalue weighted by atomic mass is 79.9. The summed E-state index contributed by atoms with van der Waals surface area (Å²) in [6.07, 6.45) is 0. The van der Waals surface area contributed by atoms with Crippen LogP contribution in [0.2, 0.25) is 10.0 Å². The second-order valence-electron chi connectivity index (χ2n) is 3.63. The summed E-state index contributed by atoms with van der Waals surface area (Å²) in [5.74, 6) is 0.337. The van der Waals surface area contributed by atoms with Gasteiger partial charge >= 0.3 is 0 Å². The molecule has 0 saturated carbocycles. The Bertz CT molecular complexity index is 625. The maximum atomic E-state index is 12.3. The van der Waals surface area contributed by atoms with E-state index >= 15 is 0 Å². The van der Waals surface area contributed by atoms with E-state index in [0.29, 0.717) is 32.8 Å². The fraction of sp³-hybridized carbons (Fsp3) is 0.154. The van der Waals surface area contributed by atoms with Crippen LogP contribution in [0.25, 0.3) is 0 Å². The van der Waals surface area contributed by atoms with Crippen molar-refractivity contribution in [3.05, 3.63) is 48.5 Å². The number of halogens is 3. The number of hydrogen-bond acceptors (Lipinski definition) is 3. The van der Waals surface area contributed by atoms with E-state index in [-0.39, 0.29) is 5.78 Å². The van der Waals surface area contributed by atoms with Crippen molar-refractivity contribution in [2.75, 3.05) is 6.61 Å². The zero-order valence-corrected chi connectivity index (χ0v) is 13.8. The Morgan fingerprint density at radius 2 is 2.05 bits per heavy atom. The van der Waals surface area contributed by atoms with Crippen LogP contribution in [0.15, 0.2) is 28.1 Å². The second-order valence-corrected chi connectivity index (χ2v) is 6.91. The Hall–Kier alpha value is -0.550. The highest BCUT2D eigenvalue weighted by molar-refractivity contribution is 9.11. The number of ether oxygens (including phenoxy) is 1. The number of carbonyl (C=O) groups excluding carboxylic acids is 1. The molecule has 0 spiro atoms. The summed E-state index contributed by atoms with van der Waals surface area (Å²) in [7, 11) is 0. The maximum absolute atomic E-state index is 12.3. The van der Waals surface area contributed by atoms with E-state index in [4.69, 9.17) is 27.9 Å². The molecule has 0 saturated heterocycles. The smallest absolute Gasteiger partial charge is 0.204 e. The predicted molar refractivity (Wildman–Crippen MR) is 83.1 cm³/mol. The van der Waals surface area contributed by atoms with Crippen LogP contribution in [0.3, 0.4) is 0 Å². The molecule has 1 aromatic heterocycles. The van der Waals surface area contributed by atoms with Crippen molar-refractivity contribution in [2.45, 2.75) is 6.92 Å². The number of rotatable bonds is 4. The molecule has 0 aliphatic heterocycles. The molecular formula is C13H9BrCl2O2S. The molecule has 0 N–H and O–H groups in total. The minimum atomic E-state index is -0.148. The monoisotopic (exact) mass is 378 g/mol. The summed E-state index contributed by atoms with van der Waals surface area (Å²) in [5, 5.41) is 0.715. The fourth-order valence-electron chi connectivity index (χ4n) is 1.54. The molecule has 0 radical (unpaired) electrons. The molecule has 0 aliphatic rings. The normalized spacial score (nSPS) is 10.5. The minimum Gasteiger partial charge on any atom is -0.492 e. The van der Waals surface area contributed by atoms with Crippen LogP contribution in [0.1, 0.15) is 22.2 Å². The van der Waals surface area contributed by atoms with Gasteiger partial charge in [-0.1, -0.05) is 23.2 Å². The molecule has 2 aromatic rings. The minimum absolute atomic E-state index is 0.148. The zero-order valence-electron chi connectivity index (χ0n) is 9.88. The standard InChI is InChI=1S/C13H9BrCl2O2S/c1-2-18-10-6-8(15)7(5-9(10)16)13(17)11-3-4-12(14)19-11/h3-6H,2H2,1H3. The quantitative estimate of drug-likeness (QED) is 0.660. The Labute approximate surface area is 133 Å². The van der Waals surface area contributed by atoms with Crippen LogP contribution in [0.5, 0.6) is 5.75 Å². The Balaban J connectivity index is 2.40. The summed E-state index contributed by atoms with van der Waals surface area (Å²) in [6, 6.07) is 6.69. The summed E-state index contributed by atoms with van der Waals surface area (Å²) < 4.78 is 6.22. The molecule has 0 fully saturated rings. The van der Waals surface area contributed by atoms with E-state index in [1.54, 1.807) is 18.2 Å². The predicted octanol–water partition coefficient (Wildman–Crippen LogP) is 5.45. The Morgan fingerprint density at radius 1 is 1.32 bits per heavy atom. The van der Waals surface area contributed by atoms with Gasteiger partial charge in [0.15, 0.2) is 0 Å². The molecular weight excluding hydrogens is 371 g/mol. The molecule has 2 rings (SSSR count). The molecule has 1 heterocycles. The van der Waals surface area contributed by atoms with Crippen molar-refractivity contribution in [3.63, 3.8) is 0 Å². The molecule has 0 atom stereocenters. The summed E-state index contributed by atoms with van der Waals surface area (Å²) in [4.78, 5) is 12.9. The second kappa shape index (κ2) is 6.27. The number of thiophene rings is 1. The van der Waals surface area contributed by atoms with Crippen LogP contribution in [-0.2, 0) is 0 Å². The van der Waals surface area contributed by atoms with Gasteiger partial charge in [0.2, 0.25) is 5.78 Å². The van der Waals surface area contributed by atoms with Gasteiger partial charge < -0.3 is 4.74 Å². The third kappa shape index (κ3) is 3.31. The van der Waals surface area contributed by atoms with Crippen molar-refractivity contribution in [3.8, 4) is 5.75 Å². The van der Waals surface area contributed by atoms with Crippen molar-refractivity contribution in [1.29, 1.82) is 0 Å². The van der Waals surface area contributed by atoms with Gasteiger partial charge in [-0.25, -0.2) is 0 Å². The van der Waals surface area contributed by atoms with E-state index in [9.17, 15) is 4.79 Å². The SMILES string of the molecule is CCOc1cc(Cl)c(C(=O)c2ccc(Br)s2)cc1Cl. The summed E-state index contributed by atoms with van der Waals surface area (Å²) in [6.45, 7) is 2.34. The first-order valence-electron chi connectivity index (χ1n) is 5.44. The van der Waals surface area contributed by atoms with Gasteiger partial charge in [0.1, 0.15) is 5.75 Å². The molecule has 2 nitrogen and oxygen atoms in total. The lowest BCUT2D eigenvalue weighted by Crippen LogP contribution is -2.01. The number of hydrogen-bond donors (Lipinski definition) is 0. The van der Waals surface area contributed by atoms with Crippen LogP contribution < -0.4 is 4.74 Å². The molecule has 0 aliphatic carbocycles. The molecule has 100 valence electrons. The van der Waals surface area contributed by atoms with Gasteiger partial charge in [0.05, 0.1) is 25.3 Å². The van der Waals surface area contributed by atoms with Gasteiger partial charge in [0, 0.05) is 11.6 Å². The van der Waals surface area contributed by atoms with Crippen molar-refractivity contribution >= 4 is 56.3 Å². The van der Waals surface area contributed by atoms with Gasteiger partial charge in [-0.15, -0.1) is 11.3 Å². The molecule has 0 amide bonds. The van der Waals surface area contributed by atoms with Gasteiger partial charge in [-0.05, 0) is 41.1 Å². The first-order valence-corrected chi connectivity index (χ1v) is 7.81. The van der Waals surface area contributed by atoms with E-state index in [1.807, 2.05) is 13.0 Å². The average molecular weight is 380 g/mol. The third-order valence-electron chi connectivity index (χ3n) is 2.36. The van der Waals surface area contributed by atoms with E-state index < -0.39 is 0 Å². The van der Waals surface area contributed by atoms with Gasteiger partial charge in [0.25, 0.3) is 0 Å². The first-order chi connectivity index (χ1) is 9.02. The molecule has 1 aromatic carbocycles. The van der Waals surface area contributed by atoms with E-state index in [1.165, 1.54) is 11.3 Å².